The number of carboxylic acid groups (broad SMARTS) is 1. The highest BCUT2D eigenvalue weighted by Crippen LogP contribution is 2.71. The topological polar surface area (TPSA) is 214 Å². The van der Waals surface area contributed by atoms with Crippen LogP contribution in [0.25, 0.3) is 21.8 Å². The minimum absolute atomic E-state index is 0.0104. The fourth-order valence-corrected chi connectivity index (χ4v) is 17.0. The number of ether oxygens (including phenoxy) is 3. The lowest BCUT2D eigenvalue weighted by Gasteiger charge is -2.62. The van der Waals surface area contributed by atoms with Crippen LogP contribution in [0.4, 0.5) is 24.5 Å². The molecule has 2 saturated heterocycles. The number of aromatic carboxylic acids is 1. The van der Waals surface area contributed by atoms with E-state index in [1.807, 2.05) is 18.9 Å². The lowest BCUT2D eigenvalue weighted by atomic mass is 9.44. The molecule has 3 N–H and O–H groups in total. The standard InChI is InChI=1S/C64H77F3N6O12/c1-31-25-42-41-16-11-37-26-40(74)17-18-61(37,7)63(41,67)43(75)27-62(42,8)64(31,82)44(76)29-85-60(81)48-36(6)73(39-14-15-39)52-46(56(48)78)34(4)50(66)54(58(52)84-10)70-23-24-71(32(2)28-70)30-68-19-21-69(22-20-68)53-49(65)33(3)45-51(57(53)83-9)72(38-12-13-38)35(5)47(55(45)77)59(79)80/h17-18,26,31-32,38-39,41-43,75,82H,11-16,19-25,27-30H2,1-10H3,(H,79,80)/t31-,32?,41-,42-,43-,61-,62-,63-,64-/m0/s1. The number of piperazine rings is 2. The fraction of sp³-hybridized carbons (Fsp3) is 0.594. The third-order valence-electron chi connectivity index (χ3n) is 21.8. The average molecular weight is 1180 g/mol. The SMILES string of the molecule is COc1c(N2CCN(CN3CCN(c4c(F)c(C)c5c(=O)c(C(=O)OCC(=O)[C@@]6(O)[C@@H](C)C[C@H]7[C@@H]8CCC9=CC(=O)C=C[C@]9(C)[C@@]8(F)[C@@H](O)C[C@@]76C)c(C)n(C6CC6)c5c4OC)CC3C)CC2)c(F)c(C)c2c(=O)c(C(=O)O)c(C)n(C3CC3)c12. The summed E-state index contributed by atoms with van der Waals surface area (Å²) in [6, 6.07) is -0.304. The molecule has 12 rings (SSSR count). The number of ketones is 2. The molecular weight excluding hydrogens is 1100 g/mol. The Morgan fingerprint density at radius 3 is 1.84 bits per heavy atom. The van der Waals surface area contributed by atoms with Gasteiger partial charge in [-0.1, -0.05) is 25.5 Å². The summed E-state index contributed by atoms with van der Waals surface area (Å²) in [5.41, 5.74) is -6.76. The van der Waals surface area contributed by atoms with Gasteiger partial charge in [0.25, 0.3) is 0 Å². The summed E-state index contributed by atoms with van der Waals surface area (Å²) in [5, 5.41) is 34.5. The number of Topliss-reactive ketones (excluding diaryl/α,β-unsaturated/α-hetero) is 1. The first-order valence-electron chi connectivity index (χ1n) is 30.0. The number of aliphatic hydroxyl groups excluding tert-OH is 1. The van der Waals surface area contributed by atoms with Crippen molar-refractivity contribution in [1.29, 1.82) is 0 Å². The minimum atomic E-state index is -2.18. The number of allylic oxidation sites excluding steroid dienone is 4. The summed E-state index contributed by atoms with van der Waals surface area (Å²) >= 11 is 0. The molecule has 0 spiro atoms. The minimum Gasteiger partial charge on any atom is -0.492 e. The Labute approximate surface area is 490 Å². The molecular formula is C64H77F3N6O12. The molecule has 9 atom stereocenters. The number of halogens is 3. The van der Waals surface area contributed by atoms with Crippen LogP contribution < -0.4 is 30.1 Å². The molecule has 7 fully saturated rings. The van der Waals surface area contributed by atoms with Gasteiger partial charge >= 0.3 is 11.9 Å². The molecule has 0 radical (unpaired) electrons. The number of hydrogen-bond donors (Lipinski definition) is 3. The van der Waals surface area contributed by atoms with Crippen molar-refractivity contribution in [3.63, 3.8) is 0 Å². The molecule has 2 aliphatic heterocycles. The van der Waals surface area contributed by atoms with Gasteiger partial charge in [0, 0.05) is 103 Å². The normalized spacial score (nSPS) is 30.6. The number of methoxy groups -OCH3 is 2. The van der Waals surface area contributed by atoms with Crippen LogP contribution in [0.5, 0.6) is 11.5 Å². The molecule has 4 heterocycles. The summed E-state index contributed by atoms with van der Waals surface area (Å²) in [7, 11) is 2.87. The number of fused-ring (bicyclic) bond motifs is 7. The van der Waals surface area contributed by atoms with Crippen molar-refractivity contribution < 1.29 is 61.9 Å². The molecule has 0 bridgehead atoms. The zero-order valence-electron chi connectivity index (χ0n) is 50.1. The van der Waals surface area contributed by atoms with E-state index in [0.717, 1.165) is 12.8 Å². The summed E-state index contributed by atoms with van der Waals surface area (Å²) in [6.07, 6.45) is 6.41. The van der Waals surface area contributed by atoms with Crippen LogP contribution in [0.3, 0.4) is 0 Å². The predicted molar refractivity (Wildman–Crippen MR) is 312 cm³/mol. The van der Waals surface area contributed by atoms with Gasteiger partial charge in [0.05, 0.1) is 48.8 Å². The van der Waals surface area contributed by atoms with Gasteiger partial charge in [-0.25, -0.2) is 22.8 Å². The first-order valence-corrected chi connectivity index (χ1v) is 30.0. The highest BCUT2D eigenvalue weighted by Gasteiger charge is 2.75. The molecule has 18 nitrogen and oxygen atoms in total. The van der Waals surface area contributed by atoms with E-state index in [0.29, 0.717) is 100 Å². The number of anilines is 2. The van der Waals surface area contributed by atoms with Crippen LogP contribution in [0.2, 0.25) is 0 Å². The smallest absolute Gasteiger partial charge is 0.344 e. The molecule has 2 aromatic heterocycles. The van der Waals surface area contributed by atoms with Gasteiger partial charge in [-0.3, -0.25) is 29.0 Å². The fourth-order valence-electron chi connectivity index (χ4n) is 17.0. The highest BCUT2D eigenvalue weighted by molar-refractivity contribution is 6.03. The Morgan fingerprint density at radius 1 is 0.753 bits per heavy atom. The van der Waals surface area contributed by atoms with E-state index in [9.17, 15) is 44.1 Å². The van der Waals surface area contributed by atoms with Crippen molar-refractivity contribution in [1.82, 2.24) is 18.9 Å². The van der Waals surface area contributed by atoms with E-state index in [4.69, 9.17) is 14.2 Å². The first kappa shape index (κ1) is 58.8. The number of hydrogen-bond acceptors (Lipinski definition) is 15. The highest BCUT2D eigenvalue weighted by atomic mass is 19.1. The number of rotatable bonds is 13. The Bertz CT molecular complexity index is 3770. The van der Waals surface area contributed by atoms with Crippen molar-refractivity contribution in [2.24, 2.45) is 28.6 Å². The number of aryl methyl sites for hydroxylation is 2. The maximum absolute atomic E-state index is 17.9. The van der Waals surface area contributed by atoms with E-state index < -0.39 is 92.8 Å². The van der Waals surface area contributed by atoms with Gasteiger partial charge in [-0.15, -0.1) is 0 Å². The van der Waals surface area contributed by atoms with Crippen molar-refractivity contribution in [2.75, 3.05) is 83.1 Å². The molecule has 85 heavy (non-hydrogen) atoms. The molecule has 8 aliphatic rings. The largest absolute Gasteiger partial charge is 0.492 e. The molecule has 21 heteroatoms. The first-order chi connectivity index (χ1) is 40.2. The number of carbonyl (C=O) groups is 4. The van der Waals surface area contributed by atoms with Crippen molar-refractivity contribution in [2.45, 2.75) is 142 Å². The zero-order chi connectivity index (χ0) is 61.0. The Morgan fingerprint density at radius 2 is 1.29 bits per heavy atom. The number of aliphatic hydroxyl groups is 2. The van der Waals surface area contributed by atoms with Crippen LogP contribution in [0, 0.1) is 67.9 Å². The van der Waals surface area contributed by atoms with Crippen LogP contribution >= 0.6 is 0 Å². The number of carboxylic acids is 1. The second-order valence-corrected chi connectivity index (χ2v) is 26.2. The number of esters is 1. The average Bonchev–Trinajstić information content (AvgIpc) is 1.59. The third-order valence-corrected chi connectivity index (χ3v) is 21.8. The number of carbonyl (C=O) groups excluding carboxylic acids is 3. The number of pyridine rings is 2. The summed E-state index contributed by atoms with van der Waals surface area (Å²) in [4.78, 5) is 90.7. The monoisotopic (exact) mass is 1180 g/mol. The Balaban J connectivity index is 0.760. The van der Waals surface area contributed by atoms with Crippen LogP contribution in [0.15, 0.2) is 33.4 Å². The van der Waals surface area contributed by atoms with E-state index in [2.05, 4.69) is 16.7 Å². The molecule has 5 saturated carbocycles. The summed E-state index contributed by atoms with van der Waals surface area (Å²) in [5.74, 6) is -6.55. The van der Waals surface area contributed by atoms with Crippen molar-refractivity contribution >= 4 is 56.7 Å². The molecule has 6 aliphatic carbocycles. The van der Waals surface area contributed by atoms with E-state index in [1.165, 1.54) is 40.2 Å². The lowest BCUT2D eigenvalue weighted by Crippen LogP contribution is -2.69. The van der Waals surface area contributed by atoms with Gasteiger partial charge in [-0.2, -0.15) is 0 Å². The predicted octanol–water partition coefficient (Wildman–Crippen LogP) is 7.58. The van der Waals surface area contributed by atoms with E-state index in [1.54, 1.807) is 40.7 Å². The lowest BCUT2D eigenvalue weighted by molar-refractivity contribution is -0.219. The van der Waals surface area contributed by atoms with Crippen LogP contribution in [-0.2, 0) is 14.3 Å². The van der Waals surface area contributed by atoms with Gasteiger partial charge in [-0.05, 0) is 117 Å². The van der Waals surface area contributed by atoms with E-state index in [-0.39, 0.29) is 98.3 Å². The van der Waals surface area contributed by atoms with Crippen molar-refractivity contribution in [3.8, 4) is 11.5 Å². The zero-order valence-corrected chi connectivity index (χ0v) is 50.1. The second kappa shape index (κ2) is 20.5. The van der Waals surface area contributed by atoms with Crippen molar-refractivity contribution in [3.05, 3.63) is 89.5 Å². The maximum Gasteiger partial charge on any atom is 0.344 e. The summed E-state index contributed by atoms with van der Waals surface area (Å²) in [6.45, 7) is 16.4. The second-order valence-electron chi connectivity index (χ2n) is 26.2. The van der Waals surface area contributed by atoms with E-state index >= 15 is 13.2 Å². The number of benzene rings is 2. The van der Waals surface area contributed by atoms with Gasteiger partial charge < -0.3 is 48.5 Å². The number of aromatic nitrogens is 2. The van der Waals surface area contributed by atoms with Gasteiger partial charge in [0.15, 0.2) is 41.2 Å². The molecule has 0 amide bonds. The van der Waals surface area contributed by atoms with Gasteiger partial charge in [0.1, 0.15) is 28.1 Å². The third kappa shape index (κ3) is 8.37. The Kier molecular flexibility index (Phi) is 14.2. The molecule has 456 valence electrons. The van der Waals surface area contributed by atoms with Crippen LogP contribution in [0.1, 0.15) is 134 Å². The van der Waals surface area contributed by atoms with Crippen LogP contribution in [-0.4, -0.2) is 154 Å². The molecule has 2 aromatic carbocycles. The Hall–Kier alpha value is -6.55. The molecule has 4 aromatic rings. The molecule has 1 unspecified atom stereocenters. The van der Waals surface area contributed by atoms with Gasteiger partial charge in [0.2, 0.25) is 16.6 Å². The summed E-state index contributed by atoms with van der Waals surface area (Å²) < 4.78 is 73.4. The maximum atomic E-state index is 17.9. The number of alkyl halides is 1. The number of nitrogens with zero attached hydrogens (tertiary/aromatic N) is 6. The quantitative estimate of drug-likeness (QED) is 0.110.